The molecule has 3 heteroatoms. The first-order valence-electron chi connectivity index (χ1n) is 4.94. The molecule has 1 unspecified atom stereocenters. The predicted octanol–water partition coefficient (Wildman–Crippen LogP) is 3.37. The molecule has 1 aliphatic rings. The Kier molecular flexibility index (Phi) is 2.62. The summed E-state index contributed by atoms with van der Waals surface area (Å²) in [6, 6.07) is 6.12. The van der Waals surface area contributed by atoms with Gasteiger partial charge < -0.3 is 9.47 Å². The predicted molar refractivity (Wildman–Crippen MR) is 54.2 cm³/mol. The molecular weight excluding hydrogens is 195 g/mol. The minimum atomic E-state index is -0.428. The van der Waals surface area contributed by atoms with Crippen LogP contribution in [0.4, 0.5) is 4.39 Å². The fourth-order valence-electron chi connectivity index (χ4n) is 1.35. The molecule has 0 aliphatic carbocycles. The zero-order chi connectivity index (χ0) is 10.8. The molecule has 0 radical (unpaired) electrons. The van der Waals surface area contributed by atoms with Crippen molar-refractivity contribution in [1.29, 1.82) is 0 Å². The highest BCUT2D eigenvalue weighted by Crippen LogP contribution is 2.31. The van der Waals surface area contributed by atoms with Crippen LogP contribution in [-0.4, -0.2) is 0 Å². The molecule has 0 saturated carbocycles. The second kappa shape index (κ2) is 3.93. The van der Waals surface area contributed by atoms with E-state index in [4.69, 9.17) is 9.47 Å². The van der Waals surface area contributed by atoms with Gasteiger partial charge in [-0.3, -0.25) is 0 Å². The van der Waals surface area contributed by atoms with Crippen molar-refractivity contribution in [2.24, 2.45) is 5.92 Å². The van der Waals surface area contributed by atoms with E-state index in [1.165, 1.54) is 12.1 Å². The summed E-state index contributed by atoms with van der Waals surface area (Å²) in [6.45, 7) is 4.06. The van der Waals surface area contributed by atoms with Crippen molar-refractivity contribution >= 4 is 0 Å². The summed E-state index contributed by atoms with van der Waals surface area (Å²) in [4.78, 5) is 0. The van der Waals surface area contributed by atoms with Gasteiger partial charge in [0.25, 0.3) is 6.29 Å². The van der Waals surface area contributed by atoms with Crippen LogP contribution in [0.5, 0.6) is 0 Å². The molecule has 1 aromatic rings. The molecule has 1 heterocycles. The van der Waals surface area contributed by atoms with Gasteiger partial charge in [0.1, 0.15) is 17.8 Å². The molecule has 1 aromatic carbocycles. The van der Waals surface area contributed by atoms with Crippen LogP contribution < -0.4 is 0 Å². The van der Waals surface area contributed by atoms with Crippen molar-refractivity contribution in [3.05, 3.63) is 47.7 Å². The van der Waals surface area contributed by atoms with Crippen molar-refractivity contribution in [2.45, 2.75) is 20.1 Å². The van der Waals surface area contributed by atoms with Gasteiger partial charge in [0.15, 0.2) is 0 Å². The third-order valence-corrected chi connectivity index (χ3v) is 2.26. The number of benzene rings is 1. The number of rotatable bonds is 2. The molecule has 15 heavy (non-hydrogen) atoms. The van der Waals surface area contributed by atoms with E-state index in [1.807, 2.05) is 13.8 Å². The quantitative estimate of drug-likeness (QED) is 0.741. The lowest BCUT2D eigenvalue weighted by atomic mass is 10.2. The molecule has 0 spiro atoms. The van der Waals surface area contributed by atoms with E-state index in [2.05, 4.69) is 0 Å². The Hall–Kier alpha value is -1.51. The van der Waals surface area contributed by atoms with E-state index >= 15 is 0 Å². The summed E-state index contributed by atoms with van der Waals surface area (Å²) < 4.78 is 23.6. The normalized spacial score (nSPS) is 19.7. The summed E-state index contributed by atoms with van der Waals surface area (Å²) in [5.74, 6) is 0.869. The average Bonchev–Trinajstić information content (AvgIpc) is 2.68. The monoisotopic (exact) mass is 208 g/mol. The van der Waals surface area contributed by atoms with E-state index in [0.29, 0.717) is 5.92 Å². The van der Waals surface area contributed by atoms with Gasteiger partial charge in [-0.25, -0.2) is 4.39 Å². The molecule has 0 bridgehead atoms. The van der Waals surface area contributed by atoms with E-state index < -0.39 is 6.29 Å². The average molecular weight is 208 g/mol. The van der Waals surface area contributed by atoms with Crippen LogP contribution >= 0.6 is 0 Å². The van der Waals surface area contributed by atoms with Gasteiger partial charge in [0, 0.05) is 11.5 Å². The van der Waals surface area contributed by atoms with E-state index in [0.717, 1.165) is 11.3 Å². The molecule has 2 rings (SSSR count). The zero-order valence-electron chi connectivity index (χ0n) is 8.74. The Bertz CT molecular complexity index is 368. The Morgan fingerprint density at radius 2 is 1.87 bits per heavy atom. The minimum Gasteiger partial charge on any atom is -0.455 e. The van der Waals surface area contributed by atoms with Gasteiger partial charge in [-0.2, -0.15) is 0 Å². The van der Waals surface area contributed by atoms with Gasteiger partial charge >= 0.3 is 0 Å². The molecule has 1 atom stereocenters. The maximum atomic E-state index is 12.7. The first-order valence-corrected chi connectivity index (χ1v) is 4.94. The number of hydrogen-bond donors (Lipinski definition) is 0. The van der Waals surface area contributed by atoms with Crippen molar-refractivity contribution in [2.75, 3.05) is 0 Å². The summed E-state index contributed by atoms with van der Waals surface area (Å²) in [7, 11) is 0. The summed E-state index contributed by atoms with van der Waals surface area (Å²) in [5, 5.41) is 0. The molecule has 0 fully saturated rings. The lowest BCUT2D eigenvalue weighted by Crippen LogP contribution is -2.01. The fourth-order valence-corrected chi connectivity index (χ4v) is 1.35. The lowest BCUT2D eigenvalue weighted by Gasteiger charge is -2.13. The molecule has 0 saturated heterocycles. The van der Waals surface area contributed by atoms with E-state index in [-0.39, 0.29) is 5.82 Å². The van der Waals surface area contributed by atoms with Crippen LogP contribution in [0.25, 0.3) is 0 Å². The van der Waals surface area contributed by atoms with Crippen molar-refractivity contribution < 1.29 is 13.9 Å². The largest absolute Gasteiger partial charge is 0.455 e. The SMILES string of the molecule is CC(C)C1=COC(c2ccc(F)cc2)O1. The maximum Gasteiger partial charge on any atom is 0.266 e. The highest BCUT2D eigenvalue weighted by atomic mass is 19.1. The highest BCUT2D eigenvalue weighted by Gasteiger charge is 2.22. The van der Waals surface area contributed by atoms with Gasteiger partial charge in [-0.15, -0.1) is 0 Å². The summed E-state index contributed by atoms with van der Waals surface area (Å²) >= 11 is 0. The Morgan fingerprint density at radius 1 is 1.20 bits per heavy atom. The fraction of sp³-hybridized carbons (Fsp3) is 0.333. The van der Waals surface area contributed by atoms with Crippen LogP contribution in [0.3, 0.4) is 0 Å². The van der Waals surface area contributed by atoms with Crippen LogP contribution in [0, 0.1) is 11.7 Å². The Balaban J connectivity index is 2.07. The molecule has 80 valence electrons. The second-order valence-electron chi connectivity index (χ2n) is 3.81. The van der Waals surface area contributed by atoms with Crippen molar-refractivity contribution in [3.63, 3.8) is 0 Å². The van der Waals surface area contributed by atoms with Gasteiger partial charge in [-0.05, 0) is 24.3 Å². The Labute approximate surface area is 88.3 Å². The topological polar surface area (TPSA) is 18.5 Å². The number of halogens is 1. The minimum absolute atomic E-state index is 0.256. The molecular formula is C12H13FO2. The molecule has 0 amide bonds. The number of allylic oxidation sites excluding steroid dienone is 1. The first kappa shape index (κ1) is 10.0. The van der Waals surface area contributed by atoms with Gasteiger partial charge in [-0.1, -0.05) is 13.8 Å². The zero-order valence-corrected chi connectivity index (χ0v) is 8.74. The first-order chi connectivity index (χ1) is 7.16. The molecule has 1 aliphatic heterocycles. The molecule has 2 nitrogen and oxygen atoms in total. The molecule has 0 N–H and O–H groups in total. The number of ether oxygens (including phenoxy) is 2. The smallest absolute Gasteiger partial charge is 0.266 e. The van der Waals surface area contributed by atoms with E-state index in [1.54, 1.807) is 18.4 Å². The van der Waals surface area contributed by atoms with Crippen molar-refractivity contribution in [1.82, 2.24) is 0 Å². The van der Waals surface area contributed by atoms with Crippen LogP contribution in [0.2, 0.25) is 0 Å². The summed E-state index contributed by atoms with van der Waals surface area (Å²) in [6.07, 6.45) is 1.20. The van der Waals surface area contributed by atoms with Crippen LogP contribution in [0.1, 0.15) is 25.7 Å². The summed E-state index contributed by atoms with van der Waals surface area (Å²) in [5.41, 5.74) is 0.823. The van der Waals surface area contributed by atoms with Gasteiger partial charge in [0.05, 0.1) is 0 Å². The third kappa shape index (κ3) is 2.12. The van der Waals surface area contributed by atoms with E-state index in [9.17, 15) is 4.39 Å². The second-order valence-corrected chi connectivity index (χ2v) is 3.81. The third-order valence-electron chi connectivity index (χ3n) is 2.26. The van der Waals surface area contributed by atoms with Crippen LogP contribution in [0.15, 0.2) is 36.3 Å². The lowest BCUT2D eigenvalue weighted by molar-refractivity contribution is -0.0387. The standard InChI is InChI=1S/C12H13FO2/c1-8(2)11-7-14-12(15-11)9-3-5-10(13)6-4-9/h3-8,12H,1-2H3. The highest BCUT2D eigenvalue weighted by molar-refractivity contribution is 5.19. The van der Waals surface area contributed by atoms with Crippen LogP contribution in [-0.2, 0) is 9.47 Å². The molecule has 0 aromatic heterocycles. The van der Waals surface area contributed by atoms with Crippen molar-refractivity contribution in [3.8, 4) is 0 Å². The number of hydrogen-bond acceptors (Lipinski definition) is 2. The van der Waals surface area contributed by atoms with Gasteiger partial charge in [0.2, 0.25) is 0 Å². The Morgan fingerprint density at radius 3 is 2.40 bits per heavy atom. The maximum absolute atomic E-state index is 12.7.